The fraction of sp³-hybridized carbons (Fsp3) is 0.172. The molecule has 0 fully saturated rings. The second-order valence-corrected chi connectivity index (χ2v) is 10.8. The first-order valence-corrected chi connectivity index (χ1v) is 13.8. The van der Waals surface area contributed by atoms with Crippen molar-refractivity contribution in [1.82, 2.24) is 0 Å². The lowest BCUT2D eigenvalue weighted by Gasteiger charge is -2.31. The van der Waals surface area contributed by atoms with Gasteiger partial charge in [0, 0.05) is 26.7 Å². The Kier molecular flexibility index (Phi) is 9.05. The molecule has 6 nitrogen and oxygen atoms in total. The van der Waals surface area contributed by atoms with E-state index in [1.165, 1.54) is 18.9 Å². The van der Waals surface area contributed by atoms with Crippen LogP contribution in [-0.2, 0) is 4.79 Å². The average Bonchev–Trinajstić information content (AvgIpc) is 2.92. The molecule has 192 valence electrons. The van der Waals surface area contributed by atoms with Gasteiger partial charge in [-0.05, 0) is 42.8 Å². The van der Waals surface area contributed by atoms with Gasteiger partial charge in [-0.25, -0.2) is 4.99 Å². The highest BCUT2D eigenvalue weighted by Crippen LogP contribution is 2.44. The van der Waals surface area contributed by atoms with Gasteiger partial charge >= 0.3 is 0 Å². The van der Waals surface area contributed by atoms with Crippen LogP contribution in [0.3, 0.4) is 0 Å². The highest BCUT2D eigenvalue weighted by Gasteiger charge is 2.40. The maximum atomic E-state index is 13.7. The number of para-hydroxylation sites is 2. The zero-order valence-corrected chi connectivity index (χ0v) is 23.7. The maximum Gasteiger partial charge on any atom is 0.234 e. The van der Waals surface area contributed by atoms with E-state index in [1.807, 2.05) is 18.2 Å². The molecule has 38 heavy (non-hydrogen) atoms. The molecule has 3 aromatic rings. The molecule has 0 aromatic heterocycles. The number of ketones is 1. The van der Waals surface area contributed by atoms with Crippen LogP contribution in [0.4, 0.5) is 5.69 Å². The number of carbonyl (C=O) groups excluding carboxylic acids is 2. The number of thioether (sulfide) groups is 1. The number of amides is 1. The quantitative estimate of drug-likeness (QED) is 0.272. The van der Waals surface area contributed by atoms with Crippen LogP contribution >= 0.6 is 39.3 Å². The summed E-state index contributed by atoms with van der Waals surface area (Å²) in [6, 6.07) is 23.6. The molecule has 0 saturated carbocycles. The summed E-state index contributed by atoms with van der Waals surface area (Å²) in [6.45, 7) is 1.75. The van der Waals surface area contributed by atoms with Crippen molar-refractivity contribution in [2.75, 3.05) is 18.2 Å². The normalized spacial score (nSPS) is 16.9. The molecule has 0 aliphatic carbocycles. The molecule has 1 amide bonds. The molecule has 2 atom stereocenters. The lowest BCUT2D eigenvalue weighted by atomic mass is 9.76. The number of anilines is 1. The molecule has 0 bridgehead atoms. The molecule has 3 aromatic carbocycles. The highest BCUT2D eigenvalue weighted by molar-refractivity contribution is 9.10. The van der Waals surface area contributed by atoms with E-state index in [0.29, 0.717) is 38.3 Å². The van der Waals surface area contributed by atoms with Crippen molar-refractivity contribution in [2.45, 2.75) is 12.8 Å². The molecule has 1 aliphatic heterocycles. The van der Waals surface area contributed by atoms with Gasteiger partial charge in [-0.2, -0.15) is 5.26 Å². The van der Waals surface area contributed by atoms with Crippen molar-refractivity contribution < 1.29 is 14.3 Å². The third-order valence-corrected chi connectivity index (χ3v) is 7.98. The maximum absolute atomic E-state index is 13.7. The minimum absolute atomic E-state index is 0.0895. The van der Waals surface area contributed by atoms with Crippen LogP contribution in [0, 0.1) is 17.2 Å². The Balaban J connectivity index is 1.70. The number of benzene rings is 3. The molecule has 1 N–H and O–H groups in total. The summed E-state index contributed by atoms with van der Waals surface area (Å²) in [7, 11) is 1.53. The number of hydrogen-bond donors (Lipinski definition) is 1. The lowest BCUT2D eigenvalue weighted by molar-refractivity contribution is -0.118. The van der Waals surface area contributed by atoms with Gasteiger partial charge < -0.3 is 10.1 Å². The highest BCUT2D eigenvalue weighted by atomic mass is 79.9. The number of nitriles is 1. The number of rotatable bonds is 8. The first kappa shape index (κ1) is 27.6. The number of ether oxygens (including phenoxy) is 1. The smallest absolute Gasteiger partial charge is 0.234 e. The van der Waals surface area contributed by atoms with Crippen LogP contribution in [0.15, 0.2) is 92.9 Å². The standard InChI is InChI=1S/C29H23BrClN3O3S/c1-17-26(28(36)34-23-9-5-6-10-25(23)37-2)27(20-7-3-4-8-22(20)31)21(15-32)29(33-17)38-16-24(35)18-11-13-19(30)14-12-18/h3-14,26-27H,16H2,1-2H3,(H,34,36). The van der Waals surface area contributed by atoms with Crippen LogP contribution < -0.4 is 10.1 Å². The Morgan fingerprint density at radius 2 is 1.79 bits per heavy atom. The van der Waals surface area contributed by atoms with Crippen molar-refractivity contribution in [3.63, 3.8) is 0 Å². The van der Waals surface area contributed by atoms with E-state index in [-0.39, 0.29) is 23.0 Å². The van der Waals surface area contributed by atoms with Gasteiger partial charge in [0.25, 0.3) is 0 Å². The molecular formula is C29H23BrClN3O3S. The zero-order chi connectivity index (χ0) is 27.2. The third-order valence-electron chi connectivity index (χ3n) is 6.12. The topological polar surface area (TPSA) is 91.5 Å². The third kappa shape index (κ3) is 6.02. The van der Waals surface area contributed by atoms with E-state index < -0.39 is 11.8 Å². The Morgan fingerprint density at radius 1 is 1.11 bits per heavy atom. The minimum atomic E-state index is -0.805. The second kappa shape index (κ2) is 12.4. The van der Waals surface area contributed by atoms with Crippen molar-refractivity contribution in [2.24, 2.45) is 10.9 Å². The van der Waals surface area contributed by atoms with Crippen molar-refractivity contribution in [3.8, 4) is 11.8 Å². The molecule has 2 unspecified atom stereocenters. The molecule has 0 spiro atoms. The number of allylic oxidation sites excluding steroid dienone is 1. The summed E-state index contributed by atoms with van der Waals surface area (Å²) in [4.78, 5) is 31.2. The van der Waals surface area contributed by atoms with E-state index in [1.54, 1.807) is 61.5 Å². The monoisotopic (exact) mass is 607 g/mol. The fourth-order valence-corrected chi connectivity index (χ4v) is 5.76. The summed E-state index contributed by atoms with van der Waals surface area (Å²) in [5.41, 5.74) is 2.51. The Hall–Kier alpha value is -3.38. The number of hydrogen-bond acceptors (Lipinski definition) is 6. The SMILES string of the molecule is COc1ccccc1NC(=O)C1C(C)=NC(SCC(=O)c2ccc(Br)cc2)=C(C#N)C1c1ccccc1Cl. The predicted molar refractivity (Wildman–Crippen MR) is 156 cm³/mol. The van der Waals surface area contributed by atoms with Crippen molar-refractivity contribution >= 4 is 62.4 Å². The van der Waals surface area contributed by atoms with Gasteiger partial charge in [-0.1, -0.05) is 81.8 Å². The van der Waals surface area contributed by atoms with E-state index >= 15 is 0 Å². The number of aliphatic imine (C=N–C) groups is 1. The molecule has 1 aliphatic rings. The Labute approximate surface area is 238 Å². The second-order valence-electron chi connectivity index (χ2n) is 8.47. The number of nitrogens with zero attached hydrogens (tertiary/aromatic N) is 2. The number of nitrogens with one attached hydrogen (secondary N) is 1. The summed E-state index contributed by atoms with van der Waals surface area (Å²) in [5.74, 6) is -1.33. The number of Topliss-reactive ketones (excluding diaryl/α,β-unsaturated/α-hetero) is 1. The number of halogens is 2. The summed E-state index contributed by atoms with van der Waals surface area (Å²) in [5, 5.41) is 14.1. The van der Waals surface area contributed by atoms with Crippen LogP contribution in [0.1, 0.15) is 28.8 Å². The van der Waals surface area contributed by atoms with Crippen LogP contribution in [0.25, 0.3) is 0 Å². The van der Waals surface area contributed by atoms with Crippen LogP contribution in [-0.4, -0.2) is 30.3 Å². The first-order chi connectivity index (χ1) is 18.3. The fourth-order valence-electron chi connectivity index (χ4n) is 4.27. The van der Waals surface area contributed by atoms with Crippen molar-refractivity contribution in [1.29, 1.82) is 5.26 Å². The Morgan fingerprint density at radius 3 is 2.47 bits per heavy atom. The zero-order valence-electron chi connectivity index (χ0n) is 20.6. The van der Waals surface area contributed by atoms with Gasteiger partial charge in [0.2, 0.25) is 5.91 Å². The largest absolute Gasteiger partial charge is 0.495 e. The van der Waals surface area contributed by atoms with Gasteiger partial charge in [-0.15, -0.1) is 0 Å². The number of methoxy groups -OCH3 is 1. The summed E-state index contributed by atoms with van der Waals surface area (Å²) in [6.07, 6.45) is 0. The predicted octanol–water partition coefficient (Wildman–Crippen LogP) is 7.28. The van der Waals surface area contributed by atoms with Gasteiger partial charge in [0.1, 0.15) is 10.8 Å². The first-order valence-electron chi connectivity index (χ1n) is 11.6. The van der Waals surface area contributed by atoms with Crippen LogP contribution in [0.5, 0.6) is 5.75 Å². The molecule has 0 radical (unpaired) electrons. The van der Waals surface area contributed by atoms with E-state index in [4.69, 9.17) is 16.3 Å². The van der Waals surface area contributed by atoms with Gasteiger partial charge in [0.05, 0.1) is 36.1 Å². The van der Waals surface area contributed by atoms with Crippen molar-refractivity contribution in [3.05, 3.63) is 104 Å². The summed E-state index contributed by atoms with van der Waals surface area (Å²) < 4.78 is 6.26. The molecule has 1 heterocycles. The van der Waals surface area contributed by atoms with Gasteiger partial charge in [-0.3, -0.25) is 9.59 Å². The Bertz CT molecular complexity index is 1480. The molecule has 0 saturated heterocycles. The van der Waals surface area contributed by atoms with E-state index in [2.05, 4.69) is 32.3 Å². The van der Waals surface area contributed by atoms with Crippen LogP contribution in [0.2, 0.25) is 5.02 Å². The lowest BCUT2D eigenvalue weighted by Crippen LogP contribution is -2.36. The average molecular weight is 609 g/mol. The van der Waals surface area contributed by atoms with E-state index in [0.717, 1.165) is 4.47 Å². The molecule has 4 rings (SSSR count). The number of carbonyl (C=O) groups is 2. The summed E-state index contributed by atoms with van der Waals surface area (Å²) >= 11 is 11.1. The molecular weight excluding hydrogens is 586 g/mol. The minimum Gasteiger partial charge on any atom is -0.495 e. The van der Waals surface area contributed by atoms with Gasteiger partial charge in [0.15, 0.2) is 5.78 Å². The molecule has 9 heteroatoms. The van der Waals surface area contributed by atoms with E-state index in [9.17, 15) is 14.9 Å².